The summed E-state index contributed by atoms with van der Waals surface area (Å²) in [4.78, 5) is 12.6. The molecule has 2 aliphatic rings. The fraction of sp³-hybridized carbons (Fsp3) is 0.240. The average Bonchev–Trinajstić information content (AvgIpc) is 3.42. The molecule has 2 aliphatic heterocycles. The number of ether oxygens (including phenoxy) is 3. The maximum Gasteiger partial charge on any atom is 0.412 e. The molecule has 0 unspecified atom stereocenters. The van der Waals surface area contributed by atoms with E-state index < -0.39 is 12.2 Å². The lowest BCUT2D eigenvalue weighted by molar-refractivity contribution is 0.00881. The van der Waals surface area contributed by atoms with Crippen molar-refractivity contribution in [2.45, 2.75) is 24.4 Å². The van der Waals surface area contributed by atoms with Crippen LogP contribution in [0.25, 0.3) is 10.8 Å². The molecule has 0 saturated carbocycles. The van der Waals surface area contributed by atoms with Crippen molar-refractivity contribution in [2.75, 3.05) is 23.8 Å². The SMILES string of the molecule is N#Cc1cccc(NC(=S)N[C@H]2CO[C@H]3[C@@H]2OC[C@H]3OC(=O)Nc2cccc3ccccc23)c1. The van der Waals surface area contributed by atoms with Gasteiger partial charge in [-0.3, -0.25) is 5.32 Å². The Labute approximate surface area is 201 Å². The second kappa shape index (κ2) is 9.65. The smallest absolute Gasteiger partial charge is 0.412 e. The number of nitriles is 1. The molecule has 172 valence electrons. The second-order valence-corrected chi connectivity index (χ2v) is 8.50. The van der Waals surface area contributed by atoms with Crippen molar-refractivity contribution in [3.8, 4) is 6.07 Å². The molecule has 1 amide bonds. The summed E-state index contributed by atoms with van der Waals surface area (Å²) in [5.74, 6) is 0. The Bertz CT molecular complexity index is 1270. The van der Waals surface area contributed by atoms with Crippen LogP contribution >= 0.6 is 12.2 Å². The van der Waals surface area contributed by atoms with Crippen molar-refractivity contribution < 1.29 is 19.0 Å². The van der Waals surface area contributed by atoms with Gasteiger partial charge in [-0.2, -0.15) is 5.26 Å². The fourth-order valence-electron chi connectivity index (χ4n) is 4.30. The van der Waals surface area contributed by atoms with Crippen LogP contribution in [0.5, 0.6) is 0 Å². The van der Waals surface area contributed by atoms with Gasteiger partial charge in [0.25, 0.3) is 0 Å². The van der Waals surface area contributed by atoms with Gasteiger partial charge in [0.05, 0.1) is 36.6 Å². The van der Waals surface area contributed by atoms with E-state index in [0.717, 1.165) is 10.8 Å². The number of thiocarbonyl (C=S) groups is 1. The number of fused-ring (bicyclic) bond motifs is 2. The maximum atomic E-state index is 12.6. The molecule has 2 fully saturated rings. The molecule has 0 bridgehead atoms. The van der Waals surface area contributed by atoms with E-state index >= 15 is 0 Å². The largest absolute Gasteiger partial charge is 0.441 e. The van der Waals surface area contributed by atoms with Crippen LogP contribution in [0.3, 0.4) is 0 Å². The summed E-state index contributed by atoms with van der Waals surface area (Å²) in [6, 6.07) is 22.5. The standard InChI is InChI=1S/C25H22N4O4S/c26-12-15-5-3-8-17(11-15)27-24(34)28-20-13-31-23-21(14-32-22(20)23)33-25(30)29-19-10-4-7-16-6-1-2-9-18(16)19/h1-11,20-23H,13-14H2,(H,29,30)(H2,27,28,34)/t20-,21+,22+,23+/m0/s1. The summed E-state index contributed by atoms with van der Waals surface area (Å²) in [6.45, 7) is 0.598. The van der Waals surface area contributed by atoms with E-state index in [4.69, 9.17) is 31.7 Å². The summed E-state index contributed by atoms with van der Waals surface area (Å²) >= 11 is 5.41. The number of anilines is 2. The van der Waals surface area contributed by atoms with Crippen LogP contribution in [0.15, 0.2) is 66.7 Å². The van der Waals surface area contributed by atoms with Crippen LogP contribution in [0.4, 0.5) is 16.2 Å². The summed E-state index contributed by atoms with van der Waals surface area (Å²) in [7, 11) is 0. The molecule has 3 N–H and O–H groups in total. The molecule has 4 atom stereocenters. The van der Waals surface area contributed by atoms with Gasteiger partial charge in [0.15, 0.2) is 11.2 Å². The van der Waals surface area contributed by atoms with E-state index in [2.05, 4.69) is 22.0 Å². The van der Waals surface area contributed by atoms with Crippen molar-refractivity contribution in [2.24, 2.45) is 0 Å². The molecule has 2 saturated heterocycles. The highest BCUT2D eigenvalue weighted by molar-refractivity contribution is 7.80. The minimum Gasteiger partial charge on any atom is -0.441 e. The second-order valence-electron chi connectivity index (χ2n) is 8.09. The third kappa shape index (κ3) is 4.65. The first-order valence-electron chi connectivity index (χ1n) is 10.9. The Hall–Kier alpha value is -3.71. The molecule has 3 aromatic rings. The quantitative estimate of drug-likeness (QED) is 0.491. The molecule has 3 aromatic carbocycles. The van der Waals surface area contributed by atoms with Crippen molar-refractivity contribution in [1.82, 2.24) is 5.32 Å². The maximum absolute atomic E-state index is 12.6. The van der Waals surface area contributed by atoms with E-state index in [1.165, 1.54) is 0 Å². The van der Waals surface area contributed by atoms with Gasteiger partial charge >= 0.3 is 6.09 Å². The first kappa shape index (κ1) is 22.1. The topological polar surface area (TPSA) is 105 Å². The van der Waals surface area contributed by atoms with Gasteiger partial charge in [0, 0.05) is 11.1 Å². The van der Waals surface area contributed by atoms with E-state index in [1.54, 1.807) is 18.2 Å². The van der Waals surface area contributed by atoms with Crippen LogP contribution in [-0.4, -0.2) is 48.8 Å². The highest BCUT2D eigenvalue weighted by Gasteiger charge is 2.49. The lowest BCUT2D eigenvalue weighted by Crippen LogP contribution is -2.46. The summed E-state index contributed by atoms with van der Waals surface area (Å²) in [5.41, 5.74) is 1.94. The van der Waals surface area contributed by atoms with Gasteiger partial charge in [-0.1, -0.05) is 42.5 Å². The number of carbonyl (C=O) groups is 1. The van der Waals surface area contributed by atoms with Crippen LogP contribution in [-0.2, 0) is 14.2 Å². The van der Waals surface area contributed by atoms with E-state index in [1.807, 2.05) is 48.5 Å². The molecule has 0 aromatic heterocycles. The zero-order chi connectivity index (χ0) is 23.5. The Morgan fingerprint density at radius 2 is 1.79 bits per heavy atom. The highest BCUT2D eigenvalue weighted by Crippen LogP contribution is 2.30. The predicted octanol–water partition coefficient (Wildman–Crippen LogP) is 3.78. The minimum atomic E-state index is -0.555. The van der Waals surface area contributed by atoms with Crippen molar-refractivity contribution >= 4 is 45.6 Å². The molecule has 0 spiro atoms. The molecule has 8 nitrogen and oxygen atoms in total. The first-order chi connectivity index (χ1) is 16.6. The van der Waals surface area contributed by atoms with Crippen LogP contribution < -0.4 is 16.0 Å². The van der Waals surface area contributed by atoms with Gasteiger partial charge in [-0.25, -0.2) is 4.79 Å². The number of carbonyl (C=O) groups excluding carboxylic acids is 1. The van der Waals surface area contributed by atoms with Gasteiger partial charge in [-0.15, -0.1) is 0 Å². The number of nitrogens with one attached hydrogen (secondary N) is 3. The van der Waals surface area contributed by atoms with Crippen LogP contribution in [0.1, 0.15) is 5.56 Å². The number of rotatable bonds is 4. The zero-order valence-corrected chi connectivity index (χ0v) is 18.9. The molecule has 2 heterocycles. The van der Waals surface area contributed by atoms with Gasteiger partial charge in [0.2, 0.25) is 0 Å². The van der Waals surface area contributed by atoms with Gasteiger partial charge < -0.3 is 24.8 Å². The Morgan fingerprint density at radius 3 is 2.68 bits per heavy atom. The van der Waals surface area contributed by atoms with E-state index in [9.17, 15) is 4.79 Å². The molecular formula is C25H22N4O4S. The zero-order valence-electron chi connectivity index (χ0n) is 18.1. The molecule has 0 aliphatic carbocycles. The summed E-state index contributed by atoms with van der Waals surface area (Å²) < 4.78 is 17.4. The molecule has 5 rings (SSSR count). The first-order valence-corrected chi connectivity index (χ1v) is 11.3. The Balaban J connectivity index is 1.16. The molecule has 34 heavy (non-hydrogen) atoms. The van der Waals surface area contributed by atoms with Crippen LogP contribution in [0.2, 0.25) is 0 Å². The normalized spacial score (nSPS) is 23.0. The third-order valence-corrected chi connectivity index (χ3v) is 6.08. The van der Waals surface area contributed by atoms with Crippen molar-refractivity contribution in [3.05, 3.63) is 72.3 Å². The third-order valence-electron chi connectivity index (χ3n) is 5.86. The molecular weight excluding hydrogens is 452 g/mol. The van der Waals surface area contributed by atoms with Gasteiger partial charge in [0.1, 0.15) is 12.2 Å². The van der Waals surface area contributed by atoms with Crippen molar-refractivity contribution in [1.29, 1.82) is 5.26 Å². The van der Waals surface area contributed by atoms with Crippen LogP contribution in [0, 0.1) is 11.3 Å². The lowest BCUT2D eigenvalue weighted by atomic mass is 10.1. The molecule has 9 heteroatoms. The molecule has 0 radical (unpaired) electrons. The number of hydrogen-bond acceptors (Lipinski definition) is 6. The fourth-order valence-corrected chi connectivity index (χ4v) is 4.57. The van der Waals surface area contributed by atoms with Crippen molar-refractivity contribution in [3.63, 3.8) is 0 Å². The van der Waals surface area contributed by atoms with E-state index in [0.29, 0.717) is 28.7 Å². The lowest BCUT2D eigenvalue weighted by Gasteiger charge is -2.20. The van der Waals surface area contributed by atoms with E-state index in [-0.39, 0.29) is 24.9 Å². The Morgan fingerprint density at radius 1 is 1.00 bits per heavy atom. The number of amides is 1. The number of hydrogen-bond donors (Lipinski definition) is 3. The van der Waals surface area contributed by atoms with Gasteiger partial charge in [-0.05, 0) is 41.9 Å². The summed E-state index contributed by atoms with van der Waals surface area (Å²) in [5, 5.41) is 20.5. The summed E-state index contributed by atoms with van der Waals surface area (Å²) in [6.07, 6.45) is -1.78. The number of nitrogens with zero attached hydrogens (tertiary/aromatic N) is 1. The predicted molar refractivity (Wildman–Crippen MR) is 132 cm³/mol. The average molecular weight is 475 g/mol. The Kier molecular flexibility index (Phi) is 6.27. The number of benzene rings is 3. The minimum absolute atomic E-state index is 0.195. The highest BCUT2D eigenvalue weighted by atomic mass is 32.1. The monoisotopic (exact) mass is 474 g/mol.